The summed E-state index contributed by atoms with van der Waals surface area (Å²) in [5, 5.41) is 26.3. The Bertz CT molecular complexity index is 2300. The molecule has 6 rings (SSSR count). The topological polar surface area (TPSA) is 183 Å². The Morgan fingerprint density at radius 1 is 1.06 bits per heavy atom. The third kappa shape index (κ3) is 11.0. The van der Waals surface area contributed by atoms with Gasteiger partial charge in [-0.3, -0.25) is 14.4 Å². The number of carbonyl (C=O) groups is 3. The molecule has 2 aliphatic rings. The maximum atomic E-state index is 13.6. The van der Waals surface area contributed by atoms with E-state index < -0.39 is 30.2 Å². The third-order valence-corrected chi connectivity index (χ3v) is 14.2. The largest absolute Gasteiger partial charge is 0.489 e. The van der Waals surface area contributed by atoms with Gasteiger partial charge in [0, 0.05) is 61.2 Å². The van der Waals surface area contributed by atoms with Crippen LogP contribution in [0.2, 0.25) is 5.02 Å². The number of nitrogens with zero attached hydrogens (tertiary/aromatic N) is 4. The lowest BCUT2D eigenvalue weighted by atomic mass is 9.49. The number of ether oxygens (including phenoxy) is 2. The van der Waals surface area contributed by atoms with E-state index >= 15 is 0 Å². The van der Waals surface area contributed by atoms with Crippen molar-refractivity contribution in [3.8, 4) is 22.3 Å². The molecule has 342 valence electrons. The molecule has 1 saturated heterocycles. The van der Waals surface area contributed by atoms with Crippen molar-refractivity contribution in [2.75, 3.05) is 33.3 Å². The number of nitrogens with two attached hydrogens (primary N) is 1. The SMILES string of the molecule is Cc1ncsc1-c1ccc(C(C)NC(=O)[C@@H]2C[C@@H](O)CN2C(=O)[C@@H](N)[C@@H](C)OCCCN(C)CCc2ccc(C(=O)NC3C(C)(C)C(Oc4ccc(C#N)c(Cl)c4)C3(C)C)cc2)cc1. The molecule has 1 unspecified atom stereocenters. The number of amides is 3. The number of nitrogens with one attached hydrogen (secondary N) is 2. The summed E-state index contributed by atoms with van der Waals surface area (Å²) in [6, 6.07) is 20.5. The van der Waals surface area contributed by atoms with Crippen LogP contribution in [0, 0.1) is 29.1 Å². The number of carbonyl (C=O) groups excluding carboxylic acids is 3. The van der Waals surface area contributed by atoms with Gasteiger partial charge in [-0.2, -0.15) is 5.26 Å². The van der Waals surface area contributed by atoms with Crippen molar-refractivity contribution in [3.05, 3.63) is 105 Å². The van der Waals surface area contributed by atoms with E-state index in [-0.39, 0.29) is 53.8 Å². The molecule has 0 radical (unpaired) electrons. The van der Waals surface area contributed by atoms with Crippen molar-refractivity contribution in [3.63, 3.8) is 0 Å². The molecular weight excluding hydrogens is 850 g/mol. The van der Waals surface area contributed by atoms with Crippen LogP contribution in [0.15, 0.2) is 72.2 Å². The van der Waals surface area contributed by atoms with E-state index in [1.165, 1.54) is 4.90 Å². The highest BCUT2D eigenvalue weighted by Crippen LogP contribution is 2.55. The van der Waals surface area contributed by atoms with Crippen LogP contribution in [0.3, 0.4) is 0 Å². The summed E-state index contributed by atoms with van der Waals surface area (Å²) in [5.74, 6) is -0.317. The summed E-state index contributed by atoms with van der Waals surface area (Å²) in [7, 11) is 2.04. The van der Waals surface area contributed by atoms with Crippen LogP contribution in [0.5, 0.6) is 5.75 Å². The van der Waals surface area contributed by atoms with Crippen LogP contribution in [-0.4, -0.2) is 107 Å². The molecule has 0 spiro atoms. The number of likely N-dealkylation sites (tertiary alicyclic amines) is 1. The molecule has 3 amide bonds. The molecule has 1 aliphatic heterocycles. The van der Waals surface area contributed by atoms with E-state index in [9.17, 15) is 24.8 Å². The number of aryl methyl sites for hydroxylation is 1. The second kappa shape index (κ2) is 20.5. The zero-order chi connectivity index (χ0) is 46.5. The maximum Gasteiger partial charge on any atom is 0.251 e. The number of β-amino-alcohol motifs (C(OH)–C–C–N with tert-alkyl or cyclic N) is 1. The van der Waals surface area contributed by atoms with Gasteiger partial charge in [0.1, 0.15) is 30.0 Å². The summed E-state index contributed by atoms with van der Waals surface area (Å²) in [6.07, 6.45) is 0.0312. The highest BCUT2D eigenvalue weighted by molar-refractivity contribution is 7.13. The molecular formula is C49H62ClN7O6S. The molecule has 5 atom stereocenters. The number of hydrogen-bond donors (Lipinski definition) is 4. The molecule has 15 heteroatoms. The van der Waals surface area contributed by atoms with Gasteiger partial charge in [0.25, 0.3) is 5.91 Å². The smallest absolute Gasteiger partial charge is 0.251 e. The molecule has 0 bridgehead atoms. The van der Waals surface area contributed by atoms with E-state index in [4.69, 9.17) is 26.8 Å². The second-order valence-corrected chi connectivity index (χ2v) is 19.8. The van der Waals surface area contributed by atoms with Crippen molar-refractivity contribution in [1.29, 1.82) is 5.26 Å². The van der Waals surface area contributed by atoms with Crippen LogP contribution in [0.4, 0.5) is 0 Å². The molecule has 4 aromatic rings. The number of nitriles is 1. The molecule has 1 aliphatic carbocycles. The highest BCUT2D eigenvalue weighted by Gasteiger charge is 2.64. The summed E-state index contributed by atoms with van der Waals surface area (Å²) < 4.78 is 12.4. The summed E-state index contributed by atoms with van der Waals surface area (Å²) in [6.45, 7) is 15.9. The quantitative estimate of drug-likeness (QED) is 0.0785. The number of aliphatic hydroxyl groups excluding tert-OH is 1. The number of thiazole rings is 1. The standard InChI is InChI=1S/C49H62ClN7O6S/c1-29(33-14-16-34(17-15-33)42-30(2)53-28-64-42)54-44(60)40-24-37(58)27-57(40)45(61)41(52)31(3)62-23-9-21-56(8)22-20-32-10-12-35(13-11-32)43(59)55-46-48(4,5)47(49(46,6)7)63-38-19-18-36(26-51)39(50)25-38/h10-19,25,28-29,31,37,40-41,46-47,58H,9,20-24,27,52H2,1-8H3,(H,54,60)(H,55,59)/t29?,31-,37-,40+,41+,46?,47?/m1/s1. The van der Waals surface area contributed by atoms with Gasteiger partial charge in [-0.25, -0.2) is 4.98 Å². The monoisotopic (exact) mass is 911 g/mol. The number of benzene rings is 3. The van der Waals surface area contributed by atoms with Crippen LogP contribution < -0.4 is 21.1 Å². The van der Waals surface area contributed by atoms with Crippen LogP contribution in [0.1, 0.15) is 93.2 Å². The number of aromatic nitrogens is 1. The average molecular weight is 913 g/mol. The van der Waals surface area contributed by atoms with Gasteiger partial charge < -0.3 is 40.7 Å². The number of halogens is 1. The lowest BCUT2D eigenvalue weighted by molar-refractivity contribution is -0.164. The fourth-order valence-corrected chi connectivity index (χ4v) is 10.4. The van der Waals surface area contributed by atoms with E-state index in [0.29, 0.717) is 28.5 Å². The van der Waals surface area contributed by atoms with Crippen molar-refractivity contribution < 1.29 is 29.0 Å². The number of likely N-dealkylation sites (N-methyl/N-ethyl adjacent to an activating group) is 1. The first-order chi connectivity index (χ1) is 30.3. The van der Waals surface area contributed by atoms with Gasteiger partial charge in [0.05, 0.1) is 44.9 Å². The summed E-state index contributed by atoms with van der Waals surface area (Å²) in [4.78, 5) is 49.5. The fraction of sp³-hybridized carbons (Fsp3) is 0.490. The molecule has 1 saturated carbocycles. The Kier molecular flexibility index (Phi) is 15.6. The van der Waals surface area contributed by atoms with Crippen LogP contribution >= 0.6 is 22.9 Å². The van der Waals surface area contributed by atoms with Crippen molar-refractivity contribution in [1.82, 2.24) is 25.4 Å². The minimum atomic E-state index is -0.999. The molecule has 2 heterocycles. The van der Waals surface area contributed by atoms with Crippen LogP contribution in [0.25, 0.3) is 10.4 Å². The van der Waals surface area contributed by atoms with E-state index in [1.807, 2.05) is 74.9 Å². The van der Waals surface area contributed by atoms with Gasteiger partial charge >= 0.3 is 0 Å². The Morgan fingerprint density at radius 3 is 2.38 bits per heavy atom. The molecule has 3 aromatic carbocycles. The van der Waals surface area contributed by atoms with Crippen molar-refractivity contribution in [2.24, 2.45) is 16.6 Å². The Balaban J connectivity index is 0.898. The number of aliphatic hydroxyl groups is 1. The first-order valence-corrected chi connectivity index (χ1v) is 23.2. The highest BCUT2D eigenvalue weighted by atomic mass is 35.5. The maximum absolute atomic E-state index is 13.6. The Morgan fingerprint density at radius 2 is 1.75 bits per heavy atom. The van der Waals surface area contributed by atoms with Gasteiger partial charge in [0.15, 0.2) is 0 Å². The van der Waals surface area contributed by atoms with E-state index in [2.05, 4.69) is 54.3 Å². The lowest BCUT2D eigenvalue weighted by Gasteiger charge is -2.63. The third-order valence-electron chi connectivity index (χ3n) is 12.9. The molecule has 5 N–H and O–H groups in total. The lowest BCUT2D eigenvalue weighted by Crippen LogP contribution is -2.74. The van der Waals surface area contributed by atoms with E-state index in [0.717, 1.165) is 53.2 Å². The molecule has 2 fully saturated rings. The normalized spacial score (nSPS) is 21.3. The average Bonchev–Trinajstić information content (AvgIpc) is 3.89. The second-order valence-electron chi connectivity index (χ2n) is 18.5. The van der Waals surface area contributed by atoms with Crippen LogP contribution in [-0.2, 0) is 20.7 Å². The van der Waals surface area contributed by atoms with Crippen molar-refractivity contribution in [2.45, 2.75) is 110 Å². The summed E-state index contributed by atoms with van der Waals surface area (Å²) >= 11 is 7.83. The minimum Gasteiger partial charge on any atom is -0.489 e. The predicted octanol–water partition coefficient (Wildman–Crippen LogP) is 6.69. The first kappa shape index (κ1) is 48.6. The van der Waals surface area contributed by atoms with Gasteiger partial charge in [-0.1, -0.05) is 75.7 Å². The first-order valence-electron chi connectivity index (χ1n) is 21.9. The number of rotatable bonds is 18. The predicted molar refractivity (Wildman–Crippen MR) is 250 cm³/mol. The van der Waals surface area contributed by atoms with Crippen molar-refractivity contribution >= 4 is 40.7 Å². The van der Waals surface area contributed by atoms with E-state index in [1.54, 1.807) is 36.5 Å². The minimum absolute atomic E-state index is 0.0300. The Hall–Kier alpha value is -4.88. The zero-order valence-electron chi connectivity index (χ0n) is 38.1. The molecule has 64 heavy (non-hydrogen) atoms. The van der Waals surface area contributed by atoms with Gasteiger partial charge in [0.2, 0.25) is 11.8 Å². The zero-order valence-corrected chi connectivity index (χ0v) is 39.6. The van der Waals surface area contributed by atoms with Gasteiger partial charge in [-0.05, 0) is 81.6 Å². The fourth-order valence-electron chi connectivity index (χ4n) is 9.37. The number of hydrogen-bond acceptors (Lipinski definition) is 11. The Labute approximate surface area is 386 Å². The van der Waals surface area contributed by atoms with Gasteiger partial charge in [-0.15, -0.1) is 11.3 Å². The molecule has 13 nitrogen and oxygen atoms in total. The summed E-state index contributed by atoms with van der Waals surface area (Å²) in [5.41, 5.74) is 12.5. The molecule has 1 aromatic heterocycles.